The van der Waals surface area contributed by atoms with E-state index in [0.717, 1.165) is 17.2 Å². The predicted molar refractivity (Wildman–Crippen MR) is 123 cm³/mol. The van der Waals surface area contributed by atoms with Crippen LogP contribution < -0.4 is 16.4 Å². The summed E-state index contributed by atoms with van der Waals surface area (Å²) in [6.45, 7) is 4.05. The monoisotopic (exact) mass is 487 g/mol. The number of piperidine rings is 1. The van der Waals surface area contributed by atoms with Gasteiger partial charge in [-0.2, -0.15) is 5.10 Å². The van der Waals surface area contributed by atoms with E-state index in [-0.39, 0.29) is 34.2 Å². The summed E-state index contributed by atoms with van der Waals surface area (Å²) in [5, 5.41) is 7.79. The average molecular weight is 487 g/mol. The number of anilines is 1. The van der Waals surface area contributed by atoms with Gasteiger partial charge in [-0.3, -0.25) is 14.4 Å². The topological polar surface area (TPSA) is 89.2 Å². The number of fused-ring (bicyclic) bond motifs is 2. The van der Waals surface area contributed by atoms with Gasteiger partial charge in [0.25, 0.3) is 17.5 Å². The molecule has 0 radical (unpaired) electrons. The fraction of sp³-hybridized carbons (Fsp3) is 0.417. The molecule has 1 aliphatic carbocycles. The molecule has 0 spiro atoms. The molecule has 5 rings (SSSR count). The number of aromatic nitrogens is 3. The van der Waals surface area contributed by atoms with Gasteiger partial charge in [-0.25, -0.2) is 17.9 Å². The molecule has 3 aromatic rings. The van der Waals surface area contributed by atoms with E-state index < -0.39 is 34.9 Å². The molecule has 8 nitrogen and oxygen atoms in total. The Labute approximate surface area is 198 Å². The highest BCUT2D eigenvalue weighted by atomic mass is 19.3. The quantitative estimate of drug-likeness (QED) is 0.598. The van der Waals surface area contributed by atoms with Crippen molar-refractivity contribution in [2.45, 2.75) is 38.3 Å². The number of likely N-dealkylation sites (tertiary alicyclic amines) is 1. The van der Waals surface area contributed by atoms with Crippen molar-refractivity contribution in [1.82, 2.24) is 19.2 Å². The number of hydrogen-bond acceptors (Lipinski definition) is 5. The number of pyridine rings is 1. The fourth-order valence-corrected chi connectivity index (χ4v) is 5.20. The van der Waals surface area contributed by atoms with Crippen molar-refractivity contribution in [3.63, 3.8) is 0 Å². The zero-order valence-electron chi connectivity index (χ0n) is 19.4. The molecule has 35 heavy (non-hydrogen) atoms. The van der Waals surface area contributed by atoms with Crippen molar-refractivity contribution in [2.24, 2.45) is 13.0 Å². The third-order valence-electron chi connectivity index (χ3n) is 7.23. The number of nitrogens with zero attached hydrogens (tertiary/aromatic N) is 4. The van der Waals surface area contributed by atoms with Crippen LogP contribution in [0.2, 0.25) is 0 Å². The van der Waals surface area contributed by atoms with Gasteiger partial charge in [-0.1, -0.05) is 18.2 Å². The van der Waals surface area contributed by atoms with E-state index in [9.17, 15) is 27.6 Å². The van der Waals surface area contributed by atoms with Gasteiger partial charge in [-0.15, -0.1) is 0 Å². The number of rotatable bonds is 5. The van der Waals surface area contributed by atoms with Gasteiger partial charge in [-0.05, 0) is 13.3 Å². The van der Waals surface area contributed by atoms with Crippen molar-refractivity contribution >= 4 is 22.5 Å². The molecule has 0 bridgehead atoms. The second kappa shape index (κ2) is 7.96. The van der Waals surface area contributed by atoms with Gasteiger partial charge in [0.05, 0.1) is 22.5 Å². The van der Waals surface area contributed by atoms with Crippen LogP contribution in [0.15, 0.2) is 40.1 Å². The molecule has 1 amide bonds. The maximum absolute atomic E-state index is 14.7. The van der Waals surface area contributed by atoms with E-state index in [1.165, 1.54) is 32.2 Å². The van der Waals surface area contributed by atoms with Crippen molar-refractivity contribution in [3.05, 3.63) is 68.1 Å². The highest BCUT2D eigenvalue weighted by Crippen LogP contribution is 2.55. The van der Waals surface area contributed by atoms with Crippen LogP contribution in [0.3, 0.4) is 0 Å². The lowest BCUT2D eigenvalue weighted by atomic mass is 10.0. The third kappa shape index (κ3) is 3.60. The Kier molecular flexibility index (Phi) is 5.26. The van der Waals surface area contributed by atoms with Crippen LogP contribution in [0.4, 0.5) is 19.0 Å². The summed E-state index contributed by atoms with van der Waals surface area (Å²) in [7, 11) is 1.43. The van der Waals surface area contributed by atoms with Crippen molar-refractivity contribution in [3.8, 4) is 0 Å². The SMILES string of the molecule is CC(=O)N1C[C@H]2C[C@@]2(n2cc3c(N[C@H](C)c4cccc(C(F)F)c4F)nn(C)c(=O)c3cc2=O)C1. The molecular formula is C24H24F3N5O3. The summed E-state index contributed by atoms with van der Waals surface area (Å²) in [5.74, 6) is -0.725. The normalized spacial score (nSPS) is 21.9. The van der Waals surface area contributed by atoms with Crippen molar-refractivity contribution in [1.29, 1.82) is 0 Å². The van der Waals surface area contributed by atoms with Gasteiger partial charge in [0, 0.05) is 56.2 Å². The molecule has 11 heteroatoms. The van der Waals surface area contributed by atoms with Gasteiger partial charge in [0.2, 0.25) is 5.91 Å². The minimum Gasteiger partial charge on any atom is -0.361 e. The summed E-state index contributed by atoms with van der Waals surface area (Å²) in [6, 6.07) is 4.28. The lowest BCUT2D eigenvalue weighted by Gasteiger charge is -2.23. The summed E-state index contributed by atoms with van der Waals surface area (Å²) in [5.41, 5.74) is -2.04. The van der Waals surface area contributed by atoms with Crippen LogP contribution in [-0.4, -0.2) is 38.2 Å². The van der Waals surface area contributed by atoms with Crippen LogP contribution in [0.1, 0.15) is 43.9 Å². The number of nitrogens with one attached hydrogen (secondary N) is 1. The van der Waals surface area contributed by atoms with E-state index in [2.05, 4.69) is 10.4 Å². The first kappa shape index (κ1) is 23.1. The molecule has 1 aliphatic heterocycles. The molecule has 184 valence electrons. The fourth-order valence-electron chi connectivity index (χ4n) is 5.20. The van der Waals surface area contributed by atoms with Crippen LogP contribution >= 0.6 is 0 Å². The summed E-state index contributed by atoms with van der Waals surface area (Å²) >= 11 is 0. The second-order valence-electron chi connectivity index (χ2n) is 9.41. The standard InChI is InChI=1S/C24H24F3N5O3/c1-12(15-5-4-6-16(20(15)25)21(26)27)28-22-18-10-32(19(34)7-17(18)23(35)30(3)29-22)24-8-14(24)9-31(11-24)13(2)33/h4-7,10,12,14,21H,8-9,11H2,1-3H3,(H,28,29)/t12-,14-,24-/m1/s1. The number of hydrogen-bond donors (Lipinski definition) is 1. The highest BCUT2D eigenvalue weighted by Gasteiger charge is 2.62. The Morgan fingerprint density at radius 2 is 1.94 bits per heavy atom. The van der Waals surface area contributed by atoms with Crippen molar-refractivity contribution < 1.29 is 18.0 Å². The lowest BCUT2D eigenvalue weighted by molar-refractivity contribution is -0.128. The predicted octanol–water partition coefficient (Wildman–Crippen LogP) is 2.92. The molecule has 1 N–H and O–H groups in total. The molecule has 1 saturated heterocycles. The highest BCUT2D eigenvalue weighted by molar-refractivity contribution is 5.90. The lowest BCUT2D eigenvalue weighted by Crippen LogP contribution is -2.38. The van der Waals surface area contributed by atoms with Crippen LogP contribution in [0.25, 0.3) is 10.8 Å². The Balaban J connectivity index is 1.59. The zero-order valence-corrected chi connectivity index (χ0v) is 19.4. The van der Waals surface area contributed by atoms with Gasteiger partial charge in [0.15, 0.2) is 5.82 Å². The molecule has 2 fully saturated rings. The Bertz CT molecular complexity index is 1480. The van der Waals surface area contributed by atoms with E-state index in [0.29, 0.717) is 18.5 Å². The first-order valence-electron chi connectivity index (χ1n) is 11.3. The number of halogens is 3. The minimum atomic E-state index is -2.96. The average Bonchev–Trinajstić information content (AvgIpc) is 3.36. The zero-order chi connectivity index (χ0) is 25.2. The van der Waals surface area contributed by atoms with E-state index in [4.69, 9.17) is 0 Å². The molecule has 1 saturated carbocycles. The molecule has 1 aromatic carbocycles. The smallest absolute Gasteiger partial charge is 0.274 e. The largest absolute Gasteiger partial charge is 0.361 e. The molecule has 3 atom stereocenters. The van der Waals surface area contributed by atoms with Crippen LogP contribution in [-0.2, 0) is 17.4 Å². The van der Waals surface area contributed by atoms with Crippen LogP contribution in [0.5, 0.6) is 0 Å². The molecule has 2 aliphatic rings. The third-order valence-corrected chi connectivity index (χ3v) is 7.23. The number of amides is 1. The summed E-state index contributed by atoms with van der Waals surface area (Å²) in [6.07, 6.45) is -0.651. The number of benzene rings is 1. The number of carbonyl (C=O) groups excluding carboxylic acids is 1. The number of alkyl halides is 2. The maximum atomic E-state index is 14.7. The van der Waals surface area contributed by atoms with Gasteiger partial charge >= 0.3 is 0 Å². The van der Waals surface area contributed by atoms with Crippen LogP contribution in [0, 0.1) is 11.7 Å². The Hall–Kier alpha value is -3.63. The molecular weight excluding hydrogens is 463 g/mol. The van der Waals surface area contributed by atoms with Crippen molar-refractivity contribution in [2.75, 3.05) is 18.4 Å². The van der Waals surface area contributed by atoms with E-state index >= 15 is 0 Å². The van der Waals surface area contributed by atoms with E-state index in [1.54, 1.807) is 22.6 Å². The minimum absolute atomic E-state index is 0.0219. The second-order valence-corrected chi connectivity index (χ2v) is 9.41. The Morgan fingerprint density at radius 3 is 2.60 bits per heavy atom. The van der Waals surface area contributed by atoms with Gasteiger partial charge in [0.1, 0.15) is 5.82 Å². The Morgan fingerprint density at radius 1 is 1.23 bits per heavy atom. The first-order chi connectivity index (χ1) is 16.5. The maximum Gasteiger partial charge on any atom is 0.274 e. The summed E-state index contributed by atoms with van der Waals surface area (Å²) < 4.78 is 43.7. The van der Waals surface area contributed by atoms with Gasteiger partial charge < -0.3 is 14.8 Å². The molecule has 3 heterocycles. The first-order valence-corrected chi connectivity index (χ1v) is 11.3. The number of aryl methyl sites for hydroxylation is 1. The molecule has 0 unspecified atom stereocenters. The molecule has 2 aromatic heterocycles. The number of carbonyl (C=O) groups is 1. The summed E-state index contributed by atoms with van der Waals surface area (Å²) in [4.78, 5) is 39.4. The van der Waals surface area contributed by atoms with E-state index in [1.807, 2.05) is 0 Å².